The number of nitrogens with zero attached hydrogens (tertiary/aromatic N) is 1. The number of aromatic hydroxyl groups is 1. The van der Waals surface area contributed by atoms with Crippen LogP contribution in [0.1, 0.15) is 12.5 Å². The van der Waals surface area contributed by atoms with Crippen molar-refractivity contribution in [3.05, 3.63) is 23.8 Å². The Balaban J connectivity index is 3.07. The van der Waals surface area contributed by atoms with Crippen LogP contribution < -0.4 is 5.06 Å². The summed E-state index contributed by atoms with van der Waals surface area (Å²) in [7, 11) is 0. The Morgan fingerprint density at radius 3 is 2.67 bits per heavy atom. The third-order valence-corrected chi connectivity index (χ3v) is 1.85. The van der Waals surface area contributed by atoms with Crippen molar-refractivity contribution in [3.63, 3.8) is 0 Å². The van der Waals surface area contributed by atoms with E-state index in [9.17, 15) is 10.3 Å². The maximum absolute atomic E-state index is 9.36. The van der Waals surface area contributed by atoms with Crippen LogP contribution in [0.3, 0.4) is 0 Å². The van der Waals surface area contributed by atoms with Gasteiger partial charge in [0, 0.05) is 12.1 Å². The lowest BCUT2D eigenvalue weighted by Crippen LogP contribution is -2.17. The Morgan fingerprint density at radius 1 is 1.42 bits per heavy atom. The van der Waals surface area contributed by atoms with Crippen LogP contribution in [0.2, 0.25) is 0 Å². The van der Waals surface area contributed by atoms with Crippen molar-refractivity contribution < 1.29 is 10.3 Å². The summed E-state index contributed by atoms with van der Waals surface area (Å²) in [5.41, 5.74) is 1.35. The Bertz CT molecular complexity index is 273. The van der Waals surface area contributed by atoms with Crippen molar-refractivity contribution in [1.82, 2.24) is 0 Å². The number of anilines is 1. The first-order chi connectivity index (χ1) is 5.66. The largest absolute Gasteiger partial charge is 0.508 e. The van der Waals surface area contributed by atoms with E-state index >= 15 is 0 Å². The van der Waals surface area contributed by atoms with E-state index in [0.717, 1.165) is 5.06 Å². The molecule has 1 rings (SSSR count). The number of hydrogen-bond acceptors (Lipinski definition) is 3. The first kappa shape index (κ1) is 8.87. The third-order valence-electron chi connectivity index (χ3n) is 1.85. The summed E-state index contributed by atoms with van der Waals surface area (Å²) in [6.07, 6.45) is 0. The molecule has 0 aliphatic heterocycles. The maximum atomic E-state index is 9.36. The standard InChI is InChI=1S/C9H13NO2/c1-3-10(12)8-5-4-6-9(11)7(8)2/h4-6,11-12H,3H2,1-2H3. The molecule has 3 nitrogen and oxygen atoms in total. The topological polar surface area (TPSA) is 43.7 Å². The van der Waals surface area contributed by atoms with Gasteiger partial charge >= 0.3 is 0 Å². The molecule has 0 fully saturated rings. The van der Waals surface area contributed by atoms with Gasteiger partial charge in [0.1, 0.15) is 5.75 Å². The van der Waals surface area contributed by atoms with E-state index < -0.39 is 0 Å². The second kappa shape index (κ2) is 3.45. The molecule has 1 aromatic rings. The smallest absolute Gasteiger partial charge is 0.120 e. The van der Waals surface area contributed by atoms with Crippen molar-refractivity contribution in [1.29, 1.82) is 0 Å². The van der Waals surface area contributed by atoms with Crippen LogP contribution >= 0.6 is 0 Å². The Morgan fingerprint density at radius 2 is 2.08 bits per heavy atom. The second-order valence-corrected chi connectivity index (χ2v) is 2.64. The number of hydroxylamine groups is 1. The van der Waals surface area contributed by atoms with Gasteiger partial charge in [-0.25, -0.2) is 0 Å². The van der Waals surface area contributed by atoms with Gasteiger partial charge in [0.05, 0.1) is 5.69 Å². The van der Waals surface area contributed by atoms with E-state index in [4.69, 9.17) is 0 Å². The predicted molar refractivity (Wildman–Crippen MR) is 47.7 cm³/mol. The molecule has 0 heterocycles. The zero-order valence-corrected chi connectivity index (χ0v) is 7.28. The van der Waals surface area contributed by atoms with Gasteiger partial charge in [-0.15, -0.1) is 0 Å². The zero-order chi connectivity index (χ0) is 9.14. The Hall–Kier alpha value is -1.22. The summed E-state index contributed by atoms with van der Waals surface area (Å²) < 4.78 is 0. The minimum atomic E-state index is 0.208. The van der Waals surface area contributed by atoms with Crippen molar-refractivity contribution >= 4 is 5.69 Å². The third kappa shape index (κ3) is 1.51. The number of hydrogen-bond donors (Lipinski definition) is 2. The van der Waals surface area contributed by atoms with Crippen molar-refractivity contribution in [2.45, 2.75) is 13.8 Å². The lowest BCUT2D eigenvalue weighted by molar-refractivity contribution is 0.259. The molecule has 0 saturated carbocycles. The molecule has 12 heavy (non-hydrogen) atoms. The molecule has 0 unspecified atom stereocenters. The molecule has 0 aliphatic carbocycles. The van der Waals surface area contributed by atoms with Crippen LogP contribution in [0.5, 0.6) is 5.75 Å². The molecule has 0 bridgehead atoms. The summed E-state index contributed by atoms with van der Waals surface area (Å²) in [5, 5.41) is 19.8. The van der Waals surface area contributed by atoms with Gasteiger partial charge in [0.15, 0.2) is 0 Å². The van der Waals surface area contributed by atoms with Crippen molar-refractivity contribution in [2.24, 2.45) is 0 Å². The molecular weight excluding hydrogens is 154 g/mol. The van der Waals surface area contributed by atoms with Gasteiger partial charge in [-0.05, 0) is 26.0 Å². The number of rotatable bonds is 2. The molecular formula is C9H13NO2. The van der Waals surface area contributed by atoms with Crippen LogP contribution in [0.4, 0.5) is 5.69 Å². The van der Waals surface area contributed by atoms with Crippen molar-refractivity contribution in [2.75, 3.05) is 11.6 Å². The van der Waals surface area contributed by atoms with Crippen LogP contribution in [0.25, 0.3) is 0 Å². The second-order valence-electron chi connectivity index (χ2n) is 2.64. The van der Waals surface area contributed by atoms with Gasteiger partial charge in [0.25, 0.3) is 0 Å². The van der Waals surface area contributed by atoms with Crippen LogP contribution in [0.15, 0.2) is 18.2 Å². The summed E-state index contributed by atoms with van der Waals surface area (Å²) >= 11 is 0. The summed E-state index contributed by atoms with van der Waals surface area (Å²) in [4.78, 5) is 0. The van der Waals surface area contributed by atoms with Gasteiger partial charge in [-0.1, -0.05) is 6.07 Å². The highest BCUT2D eigenvalue weighted by atomic mass is 16.5. The van der Waals surface area contributed by atoms with Gasteiger partial charge in [0.2, 0.25) is 0 Å². The van der Waals surface area contributed by atoms with Gasteiger partial charge in [-0.2, -0.15) is 0 Å². The van der Waals surface area contributed by atoms with E-state index in [2.05, 4.69) is 0 Å². The molecule has 0 radical (unpaired) electrons. The van der Waals surface area contributed by atoms with Crippen LogP contribution in [-0.2, 0) is 0 Å². The molecule has 1 aromatic carbocycles. The molecule has 0 aliphatic rings. The molecule has 2 N–H and O–H groups in total. The minimum absolute atomic E-state index is 0.208. The van der Waals surface area contributed by atoms with Crippen molar-refractivity contribution in [3.8, 4) is 5.75 Å². The first-order valence-corrected chi connectivity index (χ1v) is 3.91. The molecule has 0 saturated heterocycles. The fraction of sp³-hybridized carbons (Fsp3) is 0.333. The highest BCUT2D eigenvalue weighted by molar-refractivity contribution is 5.56. The normalized spacial score (nSPS) is 9.92. The zero-order valence-electron chi connectivity index (χ0n) is 7.28. The molecule has 0 atom stereocenters. The predicted octanol–water partition coefficient (Wildman–Crippen LogP) is 1.92. The van der Waals surface area contributed by atoms with E-state index in [1.54, 1.807) is 25.1 Å². The summed E-state index contributed by atoms with van der Waals surface area (Å²) in [5.74, 6) is 0.208. The summed E-state index contributed by atoms with van der Waals surface area (Å²) in [6.45, 7) is 4.11. The highest BCUT2D eigenvalue weighted by Gasteiger charge is 2.06. The highest BCUT2D eigenvalue weighted by Crippen LogP contribution is 2.25. The molecule has 0 spiro atoms. The Kier molecular flexibility index (Phi) is 2.55. The van der Waals surface area contributed by atoms with E-state index in [1.807, 2.05) is 6.92 Å². The SMILES string of the molecule is CCN(O)c1cccc(O)c1C. The van der Waals surface area contributed by atoms with Gasteiger partial charge < -0.3 is 5.11 Å². The Labute approximate surface area is 71.8 Å². The molecule has 0 amide bonds. The van der Waals surface area contributed by atoms with Crippen LogP contribution in [-0.4, -0.2) is 16.9 Å². The first-order valence-electron chi connectivity index (χ1n) is 3.91. The number of phenols is 1. The quantitative estimate of drug-likeness (QED) is 0.661. The van der Waals surface area contributed by atoms with Gasteiger partial charge in [-0.3, -0.25) is 10.3 Å². The lowest BCUT2D eigenvalue weighted by Gasteiger charge is -2.17. The minimum Gasteiger partial charge on any atom is -0.508 e. The maximum Gasteiger partial charge on any atom is 0.120 e. The fourth-order valence-corrected chi connectivity index (χ4v) is 1.06. The fourth-order valence-electron chi connectivity index (χ4n) is 1.06. The average Bonchev–Trinajstić information content (AvgIpc) is 2.08. The molecule has 3 heteroatoms. The van der Waals surface area contributed by atoms with E-state index in [-0.39, 0.29) is 5.75 Å². The number of phenolic OH excluding ortho intramolecular Hbond substituents is 1. The molecule has 66 valence electrons. The lowest BCUT2D eigenvalue weighted by atomic mass is 10.2. The molecule has 0 aromatic heterocycles. The monoisotopic (exact) mass is 167 g/mol. The van der Waals surface area contributed by atoms with E-state index in [1.165, 1.54) is 0 Å². The summed E-state index contributed by atoms with van der Waals surface area (Å²) in [6, 6.07) is 5.07. The average molecular weight is 167 g/mol. The van der Waals surface area contributed by atoms with E-state index in [0.29, 0.717) is 17.8 Å². The number of benzene rings is 1. The van der Waals surface area contributed by atoms with Crippen LogP contribution in [0, 0.1) is 6.92 Å².